The Kier molecular flexibility index (Phi) is 7.56. The zero-order valence-electron chi connectivity index (χ0n) is 19.7. The van der Waals surface area contributed by atoms with Crippen LogP contribution in [0.2, 0.25) is 10.0 Å². The number of ketones is 1. The Hall–Kier alpha value is -2.83. The number of aliphatic hydroxyl groups excluding tert-OH is 1. The first-order valence-electron chi connectivity index (χ1n) is 11.0. The average Bonchev–Trinajstić information content (AvgIpc) is 3.54. The van der Waals surface area contributed by atoms with E-state index in [1.54, 1.807) is 38.1 Å². The number of carbonyl (C=O) groups excluding carboxylic acids is 2. The summed E-state index contributed by atoms with van der Waals surface area (Å²) in [4.78, 5) is 33.0. The number of rotatable bonds is 7. The number of hydrogen-bond acceptors (Lipinski definition) is 9. The summed E-state index contributed by atoms with van der Waals surface area (Å²) in [6.07, 6.45) is 0. The molecule has 1 amide bonds. The van der Waals surface area contributed by atoms with Crippen molar-refractivity contribution in [3.63, 3.8) is 0 Å². The van der Waals surface area contributed by atoms with Crippen LogP contribution in [0.5, 0.6) is 0 Å². The molecule has 1 aliphatic rings. The SMILES string of the molecule is Cc1nc(C)c(C(=O)C2=C(O)C(=O)N(c3nnc(SCc4ccc(F)cc4)s3)C2c2ccc(Cl)cc2Cl)s1. The minimum Gasteiger partial charge on any atom is -0.503 e. The van der Waals surface area contributed by atoms with Crippen LogP contribution >= 0.6 is 57.6 Å². The number of carbonyl (C=O) groups is 2. The second-order valence-electron chi connectivity index (χ2n) is 8.25. The summed E-state index contributed by atoms with van der Waals surface area (Å²) in [7, 11) is 0. The largest absolute Gasteiger partial charge is 0.503 e. The average molecular weight is 608 g/mol. The third-order valence-electron chi connectivity index (χ3n) is 5.70. The Labute approximate surface area is 239 Å². The predicted molar refractivity (Wildman–Crippen MR) is 148 cm³/mol. The van der Waals surface area contributed by atoms with E-state index >= 15 is 0 Å². The minimum absolute atomic E-state index is 0.123. The lowest BCUT2D eigenvalue weighted by molar-refractivity contribution is -0.117. The summed E-state index contributed by atoms with van der Waals surface area (Å²) in [5.41, 5.74) is 1.66. The fraction of sp³-hybridized carbons (Fsp3) is 0.160. The number of hydrogen-bond donors (Lipinski definition) is 1. The van der Waals surface area contributed by atoms with Gasteiger partial charge in [0.25, 0.3) is 5.91 Å². The molecule has 0 bridgehead atoms. The van der Waals surface area contributed by atoms with E-state index in [1.165, 1.54) is 46.2 Å². The number of amides is 1. The van der Waals surface area contributed by atoms with Crippen molar-refractivity contribution in [3.05, 3.63) is 96.4 Å². The van der Waals surface area contributed by atoms with Crippen LogP contribution in [0.1, 0.15) is 37.5 Å². The van der Waals surface area contributed by atoms with Gasteiger partial charge in [0.05, 0.1) is 27.2 Å². The van der Waals surface area contributed by atoms with E-state index in [4.69, 9.17) is 23.2 Å². The number of nitrogens with zero attached hydrogens (tertiary/aromatic N) is 4. The van der Waals surface area contributed by atoms with E-state index in [0.717, 1.165) is 16.9 Å². The fourth-order valence-electron chi connectivity index (χ4n) is 4.00. The van der Waals surface area contributed by atoms with Crippen molar-refractivity contribution in [3.8, 4) is 0 Å². The molecule has 0 saturated carbocycles. The van der Waals surface area contributed by atoms with Gasteiger partial charge in [0.15, 0.2) is 10.1 Å². The van der Waals surface area contributed by atoms with Crippen molar-refractivity contribution < 1.29 is 19.1 Å². The van der Waals surface area contributed by atoms with E-state index in [1.807, 2.05) is 0 Å². The molecular formula is C25H17Cl2FN4O3S3. The minimum atomic E-state index is -1.07. The molecule has 0 radical (unpaired) electrons. The van der Waals surface area contributed by atoms with Gasteiger partial charge < -0.3 is 5.11 Å². The summed E-state index contributed by atoms with van der Waals surface area (Å²) in [6, 6.07) is 9.75. The van der Waals surface area contributed by atoms with Crippen LogP contribution in [-0.4, -0.2) is 32.0 Å². The van der Waals surface area contributed by atoms with E-state index in [9.17, 15) is 19.1 Å². The number of benzene rings is 2. The number of thiazole rings is 1. The number of aliphatic hydroxyl groups is 1. The quantitative estimate of drug-likeness (QED) is 0.136. The molecule has 0 fully saturated rings. The van der Waals surface area contributed by atoms with Gasteiger partial charge in [-0.15, -0.1) is 21.5 Å². The molecule has 3 heterocycles. The fourth-order valence-corrected chi connectivity index (χ4v) is 7.21. The maximum Gasteiger partial charge on any atom is 0.296 e. The summed E-state index contributed by atoms with van der Waals surface area (Å²) < 4.78 is 13.8. The molecule has 2 aromatic carbocycles. The van der Waals surface area contributed by atoms with Crippen molar-refractivity contribution in [2.75, 3.05) is 4.90 Å². The molecular weight excluding hydrogens is 590 g/mol. The lowest BCUT2D eigenvalue weighted by Crippen LogP contribution is -2.31. The van der Waals surface area contributed by atoms with Crippen LogP contribution in [0.15, 0.2) is 58.1 Å². The summed E-state index contributed by atoms with van der Waals surface area (Å²) in [5.74, 6) is -1.82. The Morgan fingerprint density at radius 3 is 2.53 bits per heavy atom. The number of thioether (sulfide) groups is 1. The monoisotopic (exact) mass is 606 g/mol. The van der Waals surface area contributed by atoms with Crippen molar-refractivity contribution in [2.45, 2.75) is 30.0 Å². The maximum absolute atomic E-state index is 13.7. The van der Waals surface area contributed by atoms with Crippen LogP contribution in [0, 0.1) is 19.7 Å². The number of anilines is 1. The highest BCUT2D eigenvalue weighted by molar-refractivity contribution is 8.00. The van der Waals surface area contributed by atoms with Crippen LogP contribution in [0.25, 0.3) is 0 Å². The maximum atomic E-state index is 13.7. The van der Waals surface area contributed by atoms with Gasteiger partial charge in [-0.05, 0) is 49.2 Å². The van der Waals surface area contributed by atoms with Gasteiger partial charge in [-0.25, -0.2) is 9.37 Å². The third kappa shape index (κ3) is 5.08. The van der Waals surface area contributed by atoms with E-state index in [2.05, 4.69) is 15.2 Å². The van der Waals surface area contributed by atoms with Gasteiger partial charge in [0, 0.05) is 15.8 Å². The number of aromatic nitrogens is 3. The Morgan fingerprint density at radius 1 is 1.13 bits per heavy atom. The van der Waals surface area contributed by atoms with E-state index in [0.29, 0.717) is 36.3 Å². The molecule has 5 rings (SSSR count). The molecule has 1 N–H and O–H groups in total. The Balaban J connectivity index is 1.53. The van der Waals surface area contributed by atoms with Crippen molar-refractivity contribution in [2.24, 2.45) is 0 Å². The predicted octanol–water partition coefficient (Wildman–Crippen LogP) is 7.13. The highest BCUT2D eigenvalue weighted by Crippen LogP contribution is 2.46. The van der Waals surface area contributed by atoms with Crippen LogP contribution in [-0.2, 0) is 10.5 Å². The van der Waals surface area contributed by atoms with Gasteiger partial charge in [-0.2, -0.15) is 0 Å². The Bertz CT molecular complexity index is 1600. The molecule has 1 atom stereocenters. The molecule has 13 heteroatoms. The molecule has 0 aliphatic carbocycles. The topological polar surface area (TPSA) is 96.3 Å². The first kappa shape index (κ1) is 26.8. The molecule has 38 heavy (non-hydrogen) atoms. The van der Waals surface area contributed by atoms with Gasteiger partial charge >= 0.3 is 0 Å². The molecule has 4 aromatic rings. The number of aryl methyl sites for hydroxylation is 2. The van der Waals surface area contributed by atoms with Gasteiger partial charge in [-0.1, -0.05) is 64.5 Å². The second kappa shape index (κ2) is 10.7. The molecule has 0 spiro atoms. The summed E-state index contributed by atoms with van der Waals surface area (Å²) in [5, 5.41) is 20.8. The lowest BCUT2D eigenvalue weighted by Gasteiger charge is -2.24. The first-order valence-corrected chi connectivity index (χ1v) is 14.4. The third-order valence-corrected chi connectivity index (χ3v) is 9.46. The molecule has 194 valence electrons. The second-order valence-corrected chi connectivity index (χ2v) is 12.5. The first-order chi connectivity index (χ1) is 18.1. The number of halogens is 3. The van der Waals surface area contributed by atoms with Crippen LogP contribution in [0.3, 0.4) is 0 Å². The van der Waals surface area contributed by atoms with Crippen molar-refractivity contribution in [1.29, 1.82) is 0 Å². The molecule has 1 unspecified atom stereocenters. The Morgan fingerprint density at radius 2 is 1.87 bits per heavy atom. The lowest BCUT2D eigenvalue weighted by atomic mass is 9.95. The molecule has 0 saturated heterocycles. The van der Waals surface area contributed by atoms with E-state index in [-0.39, 0.29) is 21.5 Å². The zero-order chi connectivity index (χ0) is 27.1. The normalized spacial score (nSPS) is 15.6. The molecule has 1 aliphatic heterocycles. The highest BCUT2D eigenvalue weighted by atomic mass is 35.5. The number of Topliss-reactive ketones (excluding diaryl/α,β-unsaturated/α-hetero) is 1. The highest BCUT2D eigenvalue weighted by Gasteiger charge is 2.47. The standard InChI is InChI=1S/C25H17Cl2FN4O3S3/c1-11-22(37-12(2)29-11)20(33)18-19(16-8-5-14(26)9-17(16)27)32(23(35)21(18)34)24-30-31-25(38-24)36-10-13-3-6-15(28)7-4-13/h3-9,19,34H,10H2,1-2H3. The molecule has 2 aromatic heterocycles. The van der Waals surface area contributed by atoms with Crippen LogP contribution in [0.4, 0.5) is 9.52 Å². The van der Waals surface area contributed by atoms with Crippen molar-refractivity contribution in [1.82, 2.24) is 15.2 Å². The van der Waals surface area contributed by atoms with E-state index < -0.39 is 23.5 Å². The summed E-state index contributed by atoms with van der Waals surface area (Å²) in [6.45, 7) is 3.47. The van der Waals surface area contributed by atoms with Gasteiger partial charge in [-0.3, -0.25) is 14.5 Å². The molecule has 7 nitrogen and oxygen atoms in total. The smallest absolute Gasteiger partial charge is 0.296 e. The van der Waals surface area contributed by atoms with Crippen molar-refractivity contribution >= 4 is 74.5 Å². The van der Waals surface area contributed by atoms with Crippen LogP contribution < -0.4 is 4.90 Å². The van der Waals surface area contributed by atoms with Gasteiger partial charge in [0.2, 0.25) is 10.9 Å². The summed E-state index contributed by atoms with van der Waals surface area (Å²) >= 11 is 16.3. The zero-order valence-corrected chi connectivity index (χ0v) is 23.7. The van der Waals surface area contributed by atoms with Gasteiger partial charge in [0.1, 0.15) is 5.82 Å².